The molecule has 0 amide bonds. The lowest BCUT2D eigenvalue weighted by molar-refractivity contribution is 0.212. The van der Waals surface area contributed by atoms with Gasteiger partial charge in [-0.05, 0) is 51.0 Å². The molecule has 1 heterocycles. The zero-order valence-electron chi connectivity index (χ0n) is 17.1. The maximum Gasteiger partial charge on any atom is 0.177 e. The number of oxime groups is 1. The summed E-state index contributed by atoms with van der Waals surface area (Å²) in [5.41, 5.74) is 2.65. The van der Waals surface area contributed by atoms with Gasteiger partial charge in [0.1, 0.15) is 44.1 Å². The van der Waals surface area contributed by atoms with E-state index < -0.39 is 0 Å². The van der Waals surface area contributed by atoms with E-state index >= 15 is 0 Å². The molecule has 0 unspecified atom stereocenters. The van der Waals surface area contributed by atoms with Crippen molar-refractivity contribution in [1.29, 1.82) is 0 Å². The van der Waals surface area contributed by atoms with Gasteiger partial charge in [0.05, 0.1) is 12.4 Å². The van der Waals surface area contributed by atoms with E-state index in [1.807, 2.05) is 45.1 Å². The Labute approximate surface area is 166 Å². The summed E-state index contributed by atoms with van der Waals surface area (Å²) in [4.78, 5) is 13.1. The van der Waals surface area contributed by atoms with Crippen molar-refractivity contribution in [1.82, 2.24) is 9.97 Å². The van der Waals surface area contributed by atoms with Crippen molar-refractivity contribution in [3.8, 4) is 17.2 Å². The van der Waals surface area contributed by atoms with Crippen LogP contribution in [0, 0.1) is 13.8 Å². The van der Waals surface area contributed by atoms with Crippen LogP contribution >= 0.6 is 0 Å². The Hall–Kier alpha value is -3.09. The number of rotatable bonds is 10. The number of nitrogens with zero attached hydrogens (tertiary/aromatic N) is 3. The predicted molar refractivity (Wildman–Crippen MR) is 108 cm³/mol. The Kier molecular flexibility index (Phi) is 8.27. The van der Waals surface area contributed by atoms with Crippen LogP contribution in [0.15, 0.2) is 41.8 Å². The Morgan fingerprint density at radius 2 is 1.64 bits per heavy atom. The Morgan fingerprint density at radius 3 is 2.25 bits per heavy atom. The summed E-state index contributed by atoms with van der Waals surface area (Å²) in [7, 11) is 1.48. The lowest BCUT2D eigenvalue weighted by Crippen LogP contribution is -2.11. The van der Waals surface area contributed by atoms with Crippen LogP contribution in [0.3, 0.4) is 0 Å². The summed E-state index contributed by atoms with van der Waals surface area (Å²) in [6.45, 7) is 9.09. The van der Waals surface area contributed by atoms with E-state index in [2.05, 4.69) is 15.1 Å². The third-order valence-electron chi connectivity index (χ3n) is 3.79. The molecule has 0 radical (unpaired) electrons. The third kappa shape index (κ3) is 6.26. The molecule has 1 aromatic heterocycles. The Morgan fingerprint density at radius 1 is 1.00 bits per heavy atom. The van der Waals surface area contributed by atoms with E-state index in [-0.39, 0.29) is 0 Å². The van der Waals surface area contributed by atoms with Gasteiger partial charge >= 0.3 is 0 Å². The topological polar surface area (TPSA) is 75.1 Å². The molecular formula is C21H27N3O4. The summed E-state index contributed by atoms with van der Waals surface area (Å²) < 4.78 is 17.2. The van der Waals surface area contributed by atoms with Crippen molar-refractivity contribution in [2.75, 3.05) is 26.9 Å². The second kappa shape index (κ2) is 10.9. The quantitative estimate of drug-likeness (QED) is 0.267. The third-order valence-corrected chi connectivity index (χ3v) is 3.79. The van der Waals surface area contributed by atoms with Gasteiger partial charge in [0.2, 0.25) is 0 Å². The highest BCUT2D eigenvalue weighted by Gasteiger charge is 2.08. The summed E-state index contributed by atoms with van der Waals surface area (Å²) >= 11 is 0. The van der Waals surface area contributed by atoms with Crippen LogP contribution < -0.4 is 14.2 Å². The van der Waals surface area contributed by atoms with E-state index in [1.165, 1.54) is 7.11 Å². The summed E-state index contributed by atoms with van der Waals surface area (Å²) in [6, 6.07) is 3.95. The number of aromatic nitrogens is 2. The molecule has 0 fully saturated rings. The van der Waals surface area contributed by atoms with Gasteiger partial charge in [-0.2, -0.15) is 0 Å². The van der Waals surface area contributed by atoms with Gasteiger partial charge in [0.15, 0.2) is 11.6 Å². The first kappa shape index (κ1) is 21.2. The van der Waals surface area contributed by atoms with Crippen LogP contribution in [0.1, 0.15) is 30.8 Å². The van der Waals surface area contributed by atoms with E-state index in [0.29, 0.717) is 37.1 Å². The van der Waals surface area contributed by atoms with Crippen molar-refractivity contribution in [3.05, 3.63) is 53.6 Å². The number of allylic oxidation sites excluding steroid dienone is 1. The van der Waals surface area contributed by atoms with E-state index in [9.17, 15) is 0 Å². The molecule has 1 aromatic carbocycles. The molecular weight excluding hydrogens is 358 g/mol. The first-order valence-corrected chi connectivity index (χ1v) is 9.06. The normalized spacial score (nSPS) is 11.5. The number of aryl methyl sites for hydroxylation is 2. The average Bonchev–Trinajstić information content (AvgIpc) is 2.67. The van der Waals surface area contributed by atoms with Crippen LogP contribution in [0.5, 0.6) is 17.2 Å². The summed E-state index contributed by atoms with van der Waals surface area (Å²) in [5.74, 6) is 2.74. The molecule has 0 saturated carbocycles. The second-order valence-electron chi connectivity index (χ2n) is 6.06. The summed E-state index contributed by atoms with van der Waals surface area (Å²) in [6.07, 6.45) is 7.13. The van der Waals surface area contributed by atoms with E-state index in [0.717, 1.165) is 22.6 Å². The van der Waals surface area contributed by atoms with Crippen LogP contribution in [-0.4, -0.2) is 42.6 Å². The molecule has 2 rings (SSSR count). The second-order valence-corrected chi connectivity index (χ2v) is 6.06. The fourth-order valence-corrected chi connectivity index (χ4v) is 2.52. The zero-order chi connectivity index (χ0) is 20.4. The lowest BCUT2D eigenvalue weighted by atomic mass is 10.1. The highest BCUT2D eigenvalue weighted by atomic mass is 16.6. The van der Waals surface area contributed by atoms with Gasteiger partial charge in [-0.1, -0.05) is 17.3 Å². The molecule has 150 valence electrons. The smallest absolute Gasteiger partial charge is 0.177 e. The maximum atomic E-state index is 5.89. The molecule has 28 heavy (non-hydrogen) atoms. The molecule has 0 aliphatic rings. The zero-order valence-corrected chi connectivity index (χ0v) is 17.1. The fourth-order valence-electron chi connectivity index (χ4n) is 2.52. The SMILES string of the molecule is C/C=C/COc1cc(C)c(OCCOc2cnc(C(C)=NOC)nc2)c(C)c1. The lowest BCUT2D eigenvalue weighted by Gasteiger charge is -2.14. The minimum Gasteiger partial charge on any atom is -0.490 e. The number of hydrogen-bond donors (Lipinski definition) is 0. The fraction of sp³-hybridized carbons (Fsp3) is 0.381. The number of hydrogen-bond acceptors (Lipinski definition) is 7. The molecule has 0 aliphatic carbocycles. The van der Waals surface area contributed by atoms with Crippen molar-refractivity contribution < 1.29 is 19.0 Å². The molecule has 7 nitrogen and oxygen atoms in total. The largest absolute Gasteiger partial charge is 0.490 e. The van der Waals surface area contributed by atoms with Gasteiger partial charge in [-0.25, -0.2) is 9.97 Å². The minimum atomic E-state index is 0.381. The molecule has 0 atom stereocenters. The monoisotopic (exact) mass is 385 g/mol. The molecule has 0 aliphatic heterocycles. The number of ether oxygens (including phenoxy) is 3. The van der Waals surface area contributed by atoms with Crippen molar-refractivity contribution in [2.45, 2.75) is 27.7 Å². The Balaban J connectivity index is 1.85. The maximum absolute atomic E-state index is 5.89. The first-order valence-electron chi connectivity index (χ1n) is 9.06. The molecule has 2 aromatic rings. The number of benzene rings is 1. The van der Waals surface area contributed by atoms with Crippen LogP contribution in [-0.2, 0) is 4.84 Å². The van der Waals surface area contributed by atoms with Gasteiger partial charge in [-0.3, -0.25) is 0 Å². The van der Waals surface area contributed by atoms with E-state index in [1.54, 1.807) is 19.3 Å². The van der Waals surface area contributed by atoms with Crippen LogP contribution in [0.2, 0.25) is 0 Å². The molecule has 0 saturated heterocycles. The predicted octanol–water partition coefficient (Wildman–Crippen LogP) is 3.88. The van der Waals surface area contributed by atoms with Crippen molar-refractivity contribution in [3.63, 3.8) is 0 Å². The molecule has 0 spiro atoms. The van der Waals surface area contributed by atoms with Crippen molar-refractivity contribution in [2.24, 2.45) is 5.16 Å². The van der Waals surface area contributed by atoms with Crippen molar-refractivity contribution >= 4 is 5.71 Å². The standard InChI is InChI=1S/C21H27N3O4/c1-6-7-8-26-18-11-15(2)20(16(3)12-18)28-10-9-27-19-13-22-21(23-14-19)17(4)24-25-5/h6-7,11-14H,8-10H2,1-5H3/b7-6+,24-17?. The minimum absolute atomic E-state index is 0.381. The molecule has 0 N–H and O–H groups in total. The first-order chi connectivity index (χ1) is 13.5. The molecule has 0 bridgehead atoms. The average molecular weight is 385 g/mol. The van der Waals surface area contributed by atoms with Crippen LogP contribution in [0.25, 0.3) is 0 Å². The highest BCUT2D eigenvalue weighted by Crippen LogP contribution is 2.28. The van der Waals surface area contributed by atoms with Gasteiger partial charge < -0.3 is 19.0 Å². The van der Waals surface area contributed by atoms with E-state index in [4.69, 9.17) is 19.0 Å². The van der Waals surface area contributed by atoms with Gasteiger partial charge in [-0.15, -0.1) is 0 Å². The summed E-state index contributed by atoms with van der Waals surface area (Å²) in [5, 5.41) is 3.80. The van der Waals surface area contributed by atoms with Gasteiger partial charge in [0.25, 0.3) is 0 Å². The molecule has 7 heteroatoms. The highest BCUT2D eigenvalue weighted by molar-refractivity contribution is 5.94. The van der Waals surface area contributed by atoms with Crippen LogP contribution in [0.4, 0.5) is 0 Å². The Bertz CT molecular complexity index is 794. The van der Waals surface area contributed by atoms with Gasteiger partial charge in [0, 0.05) is 0 Å².